The third-order valence-corrected chi connectivity index (χ3v) is 2.85. The number of benzene rings is 1. The van der Waals surface area contributed by atoms with Crippen LogP contribution in [0.25, 0.3) is 0 Å². The summed E-state index contributed by atoms with van der Waals surface area (Å²) in [6, 6.07) is 7.94. The van der Waals surface area contributed by atoms with Crippen molar-refractivity contribution in [1.29, 1.82) is 0 Å². The van der Waals surface area contributed by atoms with Crippen molar-refractivity contribution in [1.82, 2.24) is 4.90 Å². The molecule has 0 spiro atoms. The van der Waals surface area contributed by atoms with E-state index in [9.17, 15) is 0 Å². The van der Waals surface area contributed by atoms with Gasteiger partial charge in [-0.05, 0) is 38.1 Å². The lowest BCUT2D eigenvalue weighted by Gasteiger charge is -2.10. The van der Waals surface area contributed by atoms with E-state index in [1.54, 1.807) is 7.11 Å². The van der Waals surface area contributed by atoms with Crippen LogP contribution in [0.3, 0.4) is 0 Å². The molecule has 0 N–H and O–H groups in total. The summed E-state index contributed by atoms with van der Waals surface area (Å²) in [5.74, 6) is 0.882. The van der Waals surface area contributed by atoms with Gasteiger partial charge in [0.05, 0.1) is 13.8 Å². The highest BCUT2D eigenvalue weighted by Gasteiger charge is 2.09. The second kappa shape index (κ2) is 5.66. The molecule has 1 fully saturated rings. The van der Waals surface area contributed by atoms with Gasteiger partial charge in [0.15, 0.2) is 0 Å². The molecule has 1 saturated heterocycles. The average Bonchev–Trinajstić information content (AvgIpc) is 2.83. The molecule has 16 heavy (non-hydrogen) atoms. The number of rotatable bonds is 4. The van der Waals surface area contributed by atoms with Crippen LogP contribution in [-0.2, 0) is 0 Å². The lowest BCUT2D eigenvalue weighted by Crippen LogP contribution is -2.18. The summed E-state index contributed by atoms with van der Waals surface area (Å²) in [7, 11) is 1.69. The molecule has 1 heterocycles. The van der Waals surface area contributed by atoms with Gasteiger partial charge < -0.3 is 4.74 Å². The molecule has 0 bridgehead atoms. The Kier molecular flexibility index (Phi) is 3.94. The number of ether oxygens (including phenoxy) is 1. The van der Waals surface area contributed by atoms with E-state index in [1.807, 2.05) is 30.5 Å². The van der Waals surface area contributed by atoms with Crippen molar-refractivity contribution < 1.29 is 4.74 Å². The fourth-order valence-corrected chi connectivity index (χ4v) is 1.95. The summed E-state index contributed by atoms with van der Waals surface area (Å²) >= 11 is 0. The van der Waals surface area contributed by atoms with E-state index in [-0.39, 0.29) is 0 Å². The Hall–Kier alpha value is -1.35. The van der Waals surface area contributed by atoms with Gasteiger partial charge in [-0.15, -0.1) is 0 Å². The van der Waals surface area contributed by atoms with E-state index < -0.39 is 0 Å². The predicted molar refractivity (Wildman–Crippen MR) is 66.3 cm³/mol. The summed E-state index contributed by atoms with van der Waals surface area (Å²) in [5, 5.41) is 0. The number of likely N-dealkylation sites (tertiary alicyclic amines) is 1. The number of nitrogens with zero attached hydrogens (tertiary/aromatic N) is 2. The molecule has 1 aliphatic heterocycles. The minimum Gasteiger partial charge on any atom is -0.496 e. The fraction of sp³-hybridized carbons (Fsp3) is 0.462. The molecular weight excluding hydrogens is 200 g/mol. The van der Waals surface area contributed by atoms with Crippen LogP contribution in [0.5, 0.6) is 5.75 Å². The molecule has 2 rings (SSSR count). The first-order valence-corrected chi connectivity index (χ1v) is 5.75. The van der Waals surface area contributed by atoms with Gasteiger partial charge in [0.2, 0.25) is 0 Å². The second-order valence-electron chi connectivity index (χ2n) is 4.02. The minimum absolute atomic E-state index is 0.804. The van der Waals surface area contributed by atoms with E-state index >= 15 is 0 Å². The number of para-hydroxylation sites is 1. The van der Waals surface area contributed by atoms with E-state index in [0.717, 1.165) is 18.0 Å². The molecule has 1 aliphatic rings. The van der Waals surface area contributed by atoms with Gasteiger partial charge in [-0.1, -0.05) is 12.1 Å². The van der Waals surface area contributed by atoms with Crippen LogP contribution in [0.15, 0.2) is 29.3 Å². The highest BCUT2D eigenvalue weighted by Crippen LogP contribution is 2.15. The third kappa shape index (κ3) is 2.83. The number of methoxy groups -OCH3 is 1. The Bertz CT molecular complexity index is 357. The first kappa shape index (κ1) is 11.1. The van der Waals surface area contributed by atoms with Crippen molar-refractivity contribution in [2.24, 2.45) is 4.99 Å². The topological polar surface area (TPSA) is 24.8 Å². The Morgan fingerprint density at radius 3 is 2.81 bits per heavy atom. The van der Waals surface area contributed by atoms with Gasteiger partial charge in [0.1, 0.15) is 5.75 Å². The smallest absolute Gasteiger partial charge is 0.127 e. The van der Waals surface area contributed by atoms with Crippen molar-refractivity contribution in [3.63, 3.8) is 0 Å². The molecule has 0 atom stereocenters. The third-order valence-electron chi connectivity index (χ3n) is 2.85. The van der Waals surface area contributed by atoms with Crippen molar-refractivity contribution >= 4 is 6.21 Å². The van der Waals surface area contributed by atoms with E-state index in [1.165, 1.54) is 25.9 Å². The summed E-state index contributed by atoms with van der Waals surface area (Å²) in [5.41, 5.74) is 1.05. The molecule has 0 saturated carbocycles. The first-order chi connectivity index (χ1) is 7.90. The molecule has 0 amide bonds. The second-order valence-corrected chi connectivity index (χ2v) is 4.02. The largest absolute Gasteiger partial charge is 0.496 e. The maximum Gasteiger partial charge on any atom is 0.127 e. The molecular formula is C13H18N2O. The Labute approximate surface area is 96.7 Å². The van der Waals surface area contributed by atoms with Crippen molar-refractivity contribution in [2.75, 3.05) is 26.9 Å². The van der Waals surface area contributed by atoms with E-state index in [0.29, 0.717) is 0 Å². The Morgan fingerprint density at radius 2 is 2.06 bits per heavy atom. The normalized spacial score (nSPS) is 17.1. The molecule has 0 radical (unpaired) electrons. The summed E-state index contributed by atoms with van der Waals surface area (Å²) in [6.07, 6.45) is 4.52. The first-order valence-electron chi connectivity index (χ1n) is 5.75. The molecule has 0 unspecified atom stereocenters. The van der Waals surface area contributed by atoms with Crippen LogP contribution < -0.4 is 4.74 Å². The molecule has 0 aliphatic carbocycles. The highest BCUT2D eigenvalue weighted by molar-refractivity contribution is 5.83. The Balaban J connectivity index is 1.94. The van der Waals surface area contributed by atoms with Gasteiger partial charge in [-0.25, -0.2) is 0 Å². The standard InChI is InChI=1S/C13H18N2O/c1-16-13-7-3-2-6-12(13)10-14-11-15-8-4-5-9-15/h2-3,6-7,10H,4-5,8-9,11H2,1H3. The quantitative estimate of drug-likeness (QED) is 0.723. The van der Waals surface area contributed by atoms with Gasteiger partial charge >= 0.3 is 0 Å². The lowest BCUT2D eigenvalue weighted by molar-refractivity contribution is 0.352. The van der Waals surface area contributed by atoms with Gasteiger partial charge in [-0.3, -0.25) is 9.89 Å². The lowest BCUT2D eigenvalue weighted by atomic mass is 10.2. The zero-order chi connectivity index (χ0) is 11.2. The molecule has 86 valence electrons. The molecule has 0 aromatic heterocycles. The van der Waals surface area contributed by atoms with Gasteiger partial charge in [0, 0.05) is 11.8 Å². The van der Waals surface area contributed by atoms with Crippen molar-refractivity contribution in [3.8, 4) is 5.75 Å². The average molecular weight is 218 g/mol. The summed E-state index contributed by atoms with van der Waals surface area (Å²) < 4.78 is 5.26. The molecule has 1 aromatic rings. The van der Waals surface area contributed by atoms with Crippen LogP contribution >= 0.6 is 0 Å². The van der Waals surface area contributed by atoms with Crippen LogP contribution in [-0.4, -0.2) is 38.0 Å². The zero-order valence-electron chi connectivity index (χ0n) is 9.72. The van der Waals surface area contributed by atoms with Crippen LogP contribution in [0.1, 0.15) is 18.4 Å². The maximum atomic E-state index is 5.26. The zero-order valence-corrected chi connectivity index (χ0v) is 9.72. The van der Waals surface area contributed by atoms with Gasteiger partial charge in [0.25, 0.3) is 0 Å². The Morgan fingerprint density at radius 1 is 1.31 bits per heavy atom. The molecule has 3 heteroatoms. The minimum atomic E-state index is 0.804. The van der Waals surface area contributed by atoms with E-state index in [4.69, 9.17) is 4.74 Å². The SMILES string of the molecule is COc1ccccc1C=NCN1CCCC1. The van der Waals surface area contributed by atoms with Crippen molar-refractivity contribution in [3.05, 3.63) is 29.8 Å². The monoisotopic (exact) mass is 218 g/mol. The predicted octanol–water partition coefficient (Wildman–Crippen LogP) is 2.17. The molecule has 1 aromatic carbocycles. The van der Waals surface area contributed by atoms with Crippen molar-refractivity contribution in [2.45, 2.75) is 12.8 Å². The van der Waals surface area contributed by atoms with Crippen LogP contribution in [0.2, 0.25) is 0 Å². The number of aliphatic imine (C=N–C) groups is 1. The van der Waals surface area contributed by atoms with E-state index in [2.05, 4.69) is 9.89 Å². The number of hydrogen-bond donors (Lipinski definition) is 0. The fourth-order valence-electron chi connectivity index (χ4n) is 1.95. The maximum absolute atomic E-state index is 5.26. The summed E-state index contributed by atoms with van der Waals surface area (Å²) in [4.78, 5) is 6.82. The van der Waals surface area contributed by atoms with Gasteiger partial charge in [-0.2, -0.15) is 0 Å². The van der Waals surface area contributed by atoms with Crippen LogP contribution in [0.4, 0.5) is 0 Å². The summed E-state index contributed by atoms with van der Waals surface area (Å²) in [6.45, 7) is 3.17. The van der Waals surface area contributed by atoms with Crippen LogP contribution in [0, 0.1) is 0 Å². The molecule has 3 nitrogen and oxygen atoms in total. The highest BCUT2D eigenvalue weighted by atomic mass is 16.5. The number of hydrogen-bond acceptors (Lipinski definition) is 3.